The lowest BCUT2D eigenvalue weighted by atomic mass is 9.85. The third kappa shape index (κ3) is 3.66. The summed E-state index contributed by atoms with van der Waals surface area (Å²) in [5.74, 6) is -0.190. The molecule has 0 radical (unpaired) electrons. The van der Waals surface area contributed by atoms with Gasteiger partial charge in [-0.15, -0.1) is 0 Å². The Morgan fingerprint density at radius 3 is 2.68 bits per heavy atom. The molecule has 2 atom stereocenters. The molecule has 0 heterocycles. The first-order valence-electron chi connectivity index (χ1n) is 7.44. The van der Waals surface area contributed by atoms with E-state index in [1.54, 1.807) is 19.1 Å². The van der Waals surface area contributed by atoms with Gasteiger partial charge in [0.05, 0.1) is 4.90 Å². The van der Waals surface area contributed by atoms with Crippen molar-refractivity contribution < 1.29 is 13.2 Å². The van der Waals surface area contributed by atoms with Gasteiger partial charge in [-0.3, -0.25) is 4.79 Å². The van der Waals surface area contributed by atoms with Gasteiger partial charge in [-0.05, 0) is 50.9 Å². The maximum Gasteiger partial charge on any atom is 0.240 e. The fraction of sp³-hybridized carbons (Fsp3) is 0.533. The van der Waals surface area contributed by atoms with E-state index in [9.17, 15) is 13.2 Å². The van der Waals surface area contributed by atoms with E-state index in [0.29, 0.717) is 17.7 Å². The van der Waals surface area contributed by atoms with Crippen molar-refractivity contribution in [1.29, 1.82) is 0 Å². The topological polar surface area (TPSA) is 101 Å². The van der Waals surface area contributed by atoms with Crippen LogP contribution >= 0.6 is 0 Å². The molecule has 1 aliphatic rings. The van der Waals surface area contributed by atoms with Gasteiger partial charge in [-0.1, -0.05) is 12.5 Å². The van der Waals surface area contributed by atoms with Crippen molar-refractivity contribution in [3.8, 4) is 0 Å². The molecule has 1 saturated carbocycles. The first kappa shape index (κ1) is 16.9. The van der Waals surface area contributed by atoms with Crippen LogP contribution in [0, 0.1) is 12.8 Å². The Bertz CT molecular complexity index is 658. The highest BCUT2D eigenvalue weighted by Gasteiger charge is 2.26. The summed E-state index contributed by atoms with van der Waals surface area (Å²) in [7, 11) is -2.18. The maximum atomic E-state index is 12.4. The van der Waals surface area contributed by atoms with Crippen molar-refractivity contribution in [3.63, 3.8) is 0 Å². The van der Waals surface area contributed by atoms with E-state index in [2.05, 4.69) is 10.0 Å². The van der Waals surface area contributed by atoms with Gasteiger partial charge in [0.1, 0.15) is 0 Å². The van der Waals surface area contributed by atoms with E-state index >= 15 is 0 Å². The highest BCUT2D eigenvalue weighted by Crippen LogP contribution is 2.27. The molecule has 2 rings (SSSR count). The molecule has 7 heteroatoms. The quantitative estimate of drug-likeness (QED) is 0.778. The fourth-order valence-corrected chi connectivity index (χ4v) is 3.84. The van der Waals surface area contributed by atoms with Crippen LogP contribution in [0.5, 0.6) is 0 Å². The summed E-state index contributed by atoms with van der Waals surface area (Å²) in [6.45, 7) is 1.69. The second-order valence-electron chi connectivity index (χ2n) is 5.75. The summed E-state index contributed by atoms with van der Waals surface area (Å²) >= 11 is 0. The zero-order chi connectivity index (χ0) is 16.3. The fourth-order valence-electron chi connectivity index (χ4n) is 2.85. The van der Waals surface area contributed by atoms with Gasteiger partial charge in [-0.2, -0.15) is 0 Å². The molecule has 1 aromatic carbocycles. The Morgan fingerprint density at radius 2 is 2.05 bits per heavy atom. The number of amides is 1. The molecule has 0 aliphatic heterocycles. The predicted octanol–water partition coefficient (Wildman–Crippen LogP) is 1.36. The first-order chi connectivity index (χ1) is 10.3. The van der Waals surface area contributed by atoms with Crippen molar-refractivity contribution in [1.82, 2.24) is 4.72 Å². The number of anilines is 1. The van der Waals surface area contributed by atoms with E-state index in [4.69, 9.17) is 5.73 Å². The number of carbonyl (C=O) groups is 1. The number of benzene rings is 1. The van der Waals surface area contributed by atoms with Crippen molar-refractivity contribution in [2.75, 3.05) is 12.4 Å². The molecule has 1 aromatic rings. The molecule has 0 spiro atoms. The van der Waals surface area contributed by atoms with E-state index in [-0.39, 0.29) is 22.8 Å². The van der Waals surface area contributed by atoms with Gasteiger partial charge in [0.2, 0.25) is 15.9 Å². The van der Waals surface area contributed by atoms with Crippen LogP contribution in [0.3, 0.4) is 0 Å². The van der Waals surface area contributed by atoms with Gasteiger partial charge >= 0.3 is 0 Å². The highest BCUT2D eigenvalue weighted by atomic mass is 32.2. The summed E-state index contributed by atoms with van der Waals surface area (Å²) in [5.41, 5.74) is 6.98. The van der Waals surface area contributed by atoms with Crippen LogP contribution < -0.4 is 15.8 Å². The summed E-state index contributed by atoms with van der Waals surface area (Å²) in [5, 5.41) is 2.85. The second-order valence-corrected chi connectivity index (χ2v) is 7.60. The molecule has 0 saturated heterocycles. The normalized spacial score (nSPS) is 22.3. The van der Waals surface area contributed by atoms with E-state index in [1.165, 1.54) is 13.1 Å². The van der Waals surface area contributed by atoms with Crippen molar-refractivity contribution in [2.24, 2.45) is 11.7 Å². The zero-order valence-electron chi connectivity index (χ0n) is 12.9. The molecule has 1 fully saturated rings. The van der Waals surface area contributed by atoms with Gasteiger partial charge in [0.15, 0.2) is 0 Å². The Morgan fingerprint density at radius 1 is 1.32 bits per heavy atom. The van der Waals surface area contributed by atoms with Crippen LogP contribution in [0.2, 0.25) is 0 Å². The summed E-state index contributed by atoms with van der Waals surface area (Å²) in [6.07, 6.45) is 3.41. The first-order valence-corrected chi connectivity index (χ1v) is 8.93. The molecule has 122 valence electrons. The van der Waals surface area contributed by atoms with Crippen LogP contribution in [0.4, 0.5) is 5.69 Å². The van der Waals surface area contributed by atoms with Crippen molar-refractivity contribution >= 4 is 21.6 Å². The molecule has 22 heavy (non-hydrogen) atoms. The predicted molar refractivity (Wildman–Crippen MR) is 86.0 cm³/mol. The Kier molecular flexibility index (Phi) is 5.20. The Labute approximate surface area is 131 Å². The summed E-state index contributed by atoms with van der Waals surface area (Å²) in [6, 6.07) is 4.93. The molecule has 0 aromatic heterocycles. The molecule has 4 N–H and O–H groups in total. The number of nitrogens with two attached hydrogens (primary N) is 1. The van der Waals surface area contributed by atoms with Crippen LogP contribution in [0.25, 0.3) is 0 Å². The highest BCUT2D eigenvalue weighted by molar-refractivity contribution is 7.89. The zero-order valence-corrected chi connectivity index (χ0v) is 13.7. The Balaban J connectivity index is 2.20. The minimum atomic E-state index is -3.54. The largest absolute Gasteiger partial charge is 0.328 e. The van der Waals surface area contributed by atoms with E-state index in [0.717, 1.165) is 19.3 Å². The second kappa shape index (κ2) is 6.76. The van der Waals surface area contributed by atoms with Crippen molar-refractivity contribution in [3.05, 3.63) is 23.8 Å². The number of rotatable bonds is 4. The lowest BCUT2D eigenvalue weighted by molar-refractivity contribution is -0.120. The van der Waals surface area contributed by atoms with E-state index < -0.39 is 10.0 Å². The smallest absolute Gasteiger partial charge is 0.240 e. The molecular weight excluding hydrogens is 302 g/mol. The lowest BCUT2D eigenvalue weighted by Gasteiger charge is -2.26. The minimum absolute atomic E-state index is 0.0709. The molecular formula is C15H23N3O3S. The van der Waals surface area contributed by atoms with Gasteiger partial charge in [0.25, 0.3) is 0 Å². The van der Waals surface area contributed by atoms with Gasteiger partial charge in [-0.25, -0.2) is 13.1 Å². The van der Waals surface area contributed by atoms with Crippen LogP contribution in [-0.2, 0) is 14.8 Å². The van der Waals surface area contributed by atoms with Crippen molar-refractivity contribution in [2.45, 2.75) is 43.5 Å². The lowest BCUT2D eigenvalue weighted by Crippen LogP contribution is -2.34. The maximum absolute atomic E-state index is 12.4. The van der Waals surface area contributed by atoms with Crippen LogP contribution in [0.1, 0.15) is 31.2 Å². The molecule has 6 nitrogen and oxygen atoms in total. The summed E-state index contributed by atoms with van der Waals surface area (Å²) < 4.78 is 26.2. The number of nitrogens with one attached hydrogen (secondary N) is 2. The standard InChI is InChI=1S/C15H23N3O3S/c1-10-13(7-4-8-14(10)22(20,21)17-2)18-15(19)11-5-3-6-12(16)9-11/h4,7-8,11-12,17H,3,5-6,9,16H2,1-2H3,(H,18,19). The van der Waals surface area contributed by atoms with Crippen LogP contribution in [-0.4, -0.2) is 27.4 Å². The summed E-state index contributed by atoms with van der Waals surface area (Å²) in [4.78, 5) is 12.5. The third-order valence-electron chi connectivity index (χ3n) is 4.19. The SMILES string of the molecule is CNS(=O)(=O)c1cccc(NC(=O)C2CCCC(N)C2)c1C. The Hall–Kier alpha value is -1.44. The van der Waals surface area contributed by atoms with E-state index in [1.807, 2.05) is 0 Å². The average Bonchev–Trinajstić information content (AvgIpc) is 2.49. The number of hydrogen-bond acceptors (Lipinski definition) is 4. The van der Waals surface area contributed by atoms with Gasteiger partial charge in [0, 0.05) is 17.6 Å². The third-order valence-corrected chi connectivity index (χ3v) is 5.74. The monoisotopic (exact) mass is 325 g/mol. The average molecular weight is 325 g/mol. The molecule has 2 unspecified atom stereocenters. The number of carbonyl (C=O) groups excluding carboxylic acids is 1. The molecule has 1 amide bonds. The number of sulfonamides is 1. The molecule has 0 bridgehead atoms. The minimum Gasteiger partial charge on any atom is -0.328 e. The van der Waals surface area contributed by atoms with Crippen LogP contribution in [0.15, 0.2) is 23.1 Å². The van der Waals surface area contributed by atoms with Gasteiger partial charge < -0.3 is 11.1 Å². The number of hydrogen-bond donors (Lipinski definition) is 3. The molecule has 1 aliphatic carbocycles.